The molecule has 0 aromatic heterocycles. The SMILES string of the molecule is Cc1ccc(O)c(NC(=O)NCCCCc2ccccc2)c1. The van der Waals surface area contributed by atoms with Gasteiger partial charge in [0.2, 0.25) is 0 Å². The van der Waals surface area contributed by atoms with Crippen LogP contribution in [0, 0.1) is 6.92 Å². The fraction of sp³-hybridized carbons (Fsp3) is 0.278. The molecule has 0 saturated carbocycles. The Morgan fingerprint density at radius 1 is 1.09 bits per heavy atom. The van der Waals surface area contributed by atoms with E-state index in [1.807, 2.05) is 25.1 Å². The van der Waals surface area contributed by atoms with E-state index in [2.05, 4.69) is 22.8 Å². The van der Waals surface area contributed by atoms with E-state index in [1.165, 1.54) is 5.56 Å². The number of carbonyl (C=O) groups excluding carboxylic acids is 1. The van der Waals surface area contributed by atoms with Gasteiger partial charge in [0.15, 0.2) is 0 Å². The van der Waals surface area contributed by atoms with E-state index in [4.69, 9.17) is 0 Å². The minimum Gasteiger partial charge on any atom is -0.506 e. The maximum absolute atomic E-state index is 11.8. The molecule has 0 unspecified atom stereocenters. The number of carbonyl (C=O) groups is 1. The first-order chi connectivity index (χ1) is 10.6. The number of hydrogen-bond donors (Lipinski definition) is 3. The monoisotopic (exact) mass is 298 g/mol. The van der Waals surface area contributed by atoms with E-state index in [1.54, 1.807) is 18.2 Å². The van der Waals surface area contributed by atoms with Crippen molar-refractivity contribution in [2.45, 2.75) is 26.2 Å². The largest absolute Gasteiger partial charge is 0.506 e. The Balaban J connectivity index is 1.66. The molecule has 0 aliphatic rings. The summed E-state index contributed by atoms with van der Waals surface area (Å²) in [6.45, 7) is 2.53. The molecule has 0 fully saturated rings. The van der Waals surface area contributed by atoms with Crippen molar-refractivity contribution >= 4 is 11.7 Å². The van der Waals surface area contributed by atoms with Crippen molar-refractivity contribution in [2.24, 2.45) is 0 Å². The average Bonchev–Trinajstić information content (AvgIpc) is 2.51. The minimum absolute atomic E-state index is 0.0739. The molecule has 2 aromatic carbocycles. The molecule has 4 nitrogen and oxygen atoms in total. The zero-order valence-electron chi connectivity index (χ0n) is 12.8. The second-order valence-electron chi connectivity index (χ2n) is 5.34. The summed E-state index contributed by atoms with van der Waals surface area (Å²) in [4.78, 5) is 11.8. The summed E-state index contributed by atoms with van der Waals surface area (Å²) in [5.74, 6) is 0.0739. The predicted molar refractivity (Wildman–Crippen MR) is 89.2 cm³/mol. The van der Waals surface area contributed by atoms with Gasteiger partial charge in [0.05, 0.1) is 5.69 Å². The molecule has 2 amide bonds. The molecule has 3 N–H and O–H groups in total. The number of phenols is 1. The number of aromatic hydroxyl groups is 1. The Morgan fingerprint density at radius 2 is 1.86 bits per heavy atom. The number of nitrogens with one attached hydrogen (secondary N) is 2. The van der Waals surface area contributed by atoms with Crippen LogP contribution in [0.2, 0.25) is 0 Å². The smallest absolute Gasteiger partial charge is 0.319 e. The normalized spacial score (nSPS) is 10.2. The number of anilines is 1. The van der Waals surface area contributed by atoms with Gasteiger partial charge in [-0.3, -0.25) is 0 Å². The molecule has 2 aromatic rings. The van der Waals surface area contributed by atoms with Crippen LogP contribution in [0.15, 0.2) is 48.5 Å². The van der Waals surface area contributed by atoms with E-state index < -0.39 is 0 Å². The van der Waals surface area contributed by atoms with Gasteiger partial charge < -0.3 is 15.7 Å². The Labute approximate surface area is 131 Å². The Hall–Kier alpha value is -2.49. The zero-order valence-corrected chi connectivity index (χ0v) is 12.8. The summed E-state index contributed by atoms with van der Waals surface area (Å²) in [5, 5.41) is 15.1. The van der Waals surface area contributed by atoms with E-state index in [9.17, 15) is 9.90 Å². The van der Waals surface area contributed by atoms with E-state index in [0.717, 1.165) is 24.8 Å². The second-order valence-corrected chi connectivity index (χ2v) is 5.34. The van der Waals surface area contributed by atoms with Crippen molar-refractivity contribution in [1.82, 2.24) is 5.32 Å². The first-order valence-corrected chi connectivity index (χ1v) is 7.53. The fourth-order valence-electron chi connectivity index (χ4n) is 2.22. The van der Waals surface area contributed by atoms with Crippen molar-refractivity contribution in [3.63, 3.8) is 0 Å². The molecule has 0 radical (unpaired) electrons. The molecule has 2 rings (SSSR count). The van der Waals surface area contributed by atoms with Crippen molar-refractivity contribution in [3.05, 3.63) is 59.7 Å². The van der Waals surface area contributed by atoms with Gasteiger partial charge >= 0.3 is 6.03 Å². The molecule has 0 bridgehead atoms. The van der Waals surface area contributed by atoms with Gasteiger partial charge in [-0.1, -0.05) is 36.4 Å². The van der Waals surface area contributed by atoms with E-state index in [-0.39, 0.29) is 11.8 Å². The quantitative estimate of drug-likeness (QED) is 0.560. The number of hydrogen-bond acceptors (Lipinski definition) is 2. The summed E-state index contributed by atoms with van der Waals surface area (Å²) >= 11 is 0. The van der Waals surface area contributed by atoms with Gasteiger partial charge in [0.1, 0.15) is 5.75 Å². The summed E-state index contributed by atoms with van der Waals surface area (Å²) in [6, 6.07) is 15.1. The van der Waals surface area contributed by atoms with Gasteiger partial charge in [-0.15, -0.1) is 0 Å². The third-order valence-corrected chi connectivity index (χ3v) is 3.42. The molecule has 0 aliphatic heterocycles. The lowest BCUT2D eigenvalue weighted by Gasteiger charge is -2.09. The molecule has 0 saturated heterocycles. The van der Waals surface area contributed by atoms with Crippen molar-refractivity contribution < 1.29 is 9.90 Å². The van der Waals surface area contributed by atoms with E-state index in [0.29, 0.717) is 12.2 Å². The maximum atomic E-state index is 11.8. The van der Waals surface area contributed by atoms with Gasteiger partial charge in [-0.2, -0.15) is 0 Å². The van der Waals surface area contributed by atoms with E-state index >= 15 is 0 Å². The number of aryl methyl sites for hydroxylation is 2. The van der Waals surface area contributed by atoms with Crippen LogP contribution in [0.5, 0.6) is 5.75 Å². The molecule has 0 spiro atoms. The lowest BCUT2D eigenvalue weighted by Crippen LogP contribution is -2.29. The number of urea groups is 1. The number of amides is 2. The second kappa shape index (κ2) is 8.08. The minimum atomic E-state index is -0.291. The third kappa shape index (κ3) is 5.13. The van der Waals surface area contributed by atoms with Crippen LogP contribution >= 0.6 is 0 Å². The highest BCUT2D eigenvalue weighted by atomic mass is 16.3. The first-order valence-electron chi connectivity index (χ1n) is 7.53. The summed E-state index contributed by atoms with van der Waals surface area (Å²) in [5.41, 5.74) is 2.73. The van der Waals surface area contributed by atoms with Gasteiger partial charge in [0.25, 0.3) is 0 Å². The highest BCUT2D eigenvalue weighted by molar-refractivity contribution is 5.90. The molecular weight excluding hydrogens is 276 g/mol. The molecule has 22 heavy (non-hydrogen) atoms. The third-order valence-electron chi connectivity index (χ3n) is 3.42. The summed E-state index contributed by atoms with van der Waals surface area (Å²) < 4.78 is 0. The van der Waals surface area contributed by atoms with Crippen LogP contribution in [0.1, 0.15) is 24.0 Å². The number of benzene rings is 2. The van der Waals surface area contributed by atoms with Crippen molar-refractivity contribution in [3.8, 4) is 5.75 Å². The van der Waals surface area contributed by atoms with Crippen LogP contribution in [0.3, 0.4) is 0 Å². The van der Waals surface area contributed by atoms with Gasteiger partial charge in [0, 0.05) is 6.54 Å². The zero-order chi connectivity index (χ0) is 15.8. The van der Waals surface area contributed by atoms with Crippen LogP contribution < -0.4 is 10.6 Å². The highest BCUT2D eigenvalue weighted by Crippen LogP contribution is 2.23. The van der Waals surface area contributed by atoms with Gasteiger partial charge in [-0.25, -0.2) is 4.79 Å². The predicted octanol–water partition coefficient (Wildman–Crippen LogP) is 3.85. The lowest BCUT2D eigenvalue weighted by atomic mass is 10.1. The molecule has 4 heteroatoms. The van der Waals surface area contributed by atoms with Gasteiger partial charge in [-0.05, 0) is 49.4 Å². The Bertz CT molecular complexity index is 612. The molecule has 116 valence electrons. The van der Waals surface area contributed by atoms with Crippen molar-refractivity contribution in [2.75, 3.05) is 11.9 Å². The Kier molecular flexibility index (Phi) is 5.83. The average molecular weight is 298 g/mol. The first kappa shape index (κ1) is 15.9. The van der Waals surface area contributed by atoms with Crippen LogP contribution in [0.4, 0.5) is 10.5 Å². The maximum Gasteiger partial charge on any atom is 0.319 e. The summed E-state index contributed by atoms with van der Waals surface area (Å²) in [6.07, 6.45) is 2.96. The molecule has 0 heterocycles. The highest BCUT2D eigenvalue weighted by Gasteiger charge is 2.05. The number of rotatable bonds is 6. The summed E-state index contributed by atoms with van der Waals surface area (Å²) in [7, 11) is 0. The number of unbranched alkanes of at least 4 members (excludes halogenated alkanes) is 1. The molecule has 0 atom stereocenters. The topological polar surface area (TPSA) is 61.4 Å². The lowest BCUT2D eigenvalue weighted by molar-refractivity contribution is 0.252. The number of phenolic OH excluding ortho intramolecular Hbond substituents is 1. The van der Waals surface area contributed by atoms with Crippen LogP contribution in [-0.2, 0) is 6.42 Å². The molecule has 0 aliphatic carbocycles. The fourth-order valence-corrected chi connectivity index (χ4v) is 2.22. The standard InChI is InChI=1S/C18H22N2O2/c1-14-10-11-17(21)16(13-14)20-18(22)19-12-6-5-9-15-7-3-2-4-8-15/h2-4,7-8,10-11,13,21H,5-6,9,12H2,1H3,(H2,19,20,22). The van der Waals surface area contributed by atoms with Crippen molar-refractivity contribution in [1.29, 1.82) is 0 Å². The Morgan fingerprint density at radius 3 is 2.64 bits per heavy atom. The van der Waals surface area contributed by atoms with Crippen LogP contribution in [-0.4, -0.2) is 17.7 Å². The molecular formula is C18H22N2O2. The van der Waals surface area contributed by atoms with Crippen LogP contribution in [0.25, 0.3) is 0 Å².